The molecule has 0 fully saturated rings. The molecule has 1 atom stereocenters. The molecule has 4 rings (SSSR count). The summed E-state index contributed by atoms with van der Waals surface area (Å²) in [5, 5.41) is 0.566. The van der Waals surface area contributed by atoms with Crippen molar-refractivity contribution in [1.29, 1.82) is 0 Å². The maximum Gasteiger partial charge on any atom is 0.338 e. The minimum atomic E-state index is -0.636. The summed E-state index contributed by atoms with van der Waals surface area (Å²) in [5.41, 5.74) is 9.55. The fourth-order valence-electron chi connectivity index (χ4n) is 4.73. The molecule has 2 aromatic rings. The highest BCUT2D eigenvalue weighted by Gasteiger charge is 2.46. The topological polar surface area (TPSA) is 81.9 Å². The number of anilines is 1. The molecule has 0 aromatic heterocycles. The Morgan fingerprint density at radius 1 is 1.06 bits per heavy atom. The van der Waals surface area contributed by atoms with E-state index in [1.165, 1.54) is 7.11 Å². The number of rotatable bonds is 4. The van der Waals surface area contributed by atoms with Gasteiger partial charge in [0.15, 0.2) is 5.78 Å². The number of benzene rings is 2. The Balaban J connectivity index is 2.00. The smallest absolute Gasteiger partial charge is 0.338 e. The van der Waals surface area contributed by atoms with Gasteiger partial charge < -0.3 is 15.2 Å². The van der Waals surface area contributed by atoms with Gasteiger partial charge in [0, 0.05) is 28.4 Å². The van der Waals surface area contributed by atoms with Crippen LogP contribution in [0, 0.1) is 5.41 Å². The third kappa shape index (κ3) is 4.11. The highest BCUT2D eigenvalue weighted by atomic mass is 35.5. The van der Waals surface area contributed by atoms with Crippen LogP contribution in [-0.2, 0) is 14.3 Å². The van der Waals surface area contributed by atoms with Gasteiger partial charge >= 0.3 is 5.97 Å². The zero-order chi connectivity index (χ0) is 23.9. The van der Waals surface area contributed by atoms with E-state index in [9.17, 15) is 9.59 Å². The molecule has 2 N–H and O–H groups in total. The lowest BCUT2D eigenvalue weighted by Gasteiger charge is -2.44. The number of halogens is 1. The Morgan fingerprint density at radius 3 is 2.27 bits per heavy atom. The number of allylic oxidation sites excluding steroid dienone is 2. The summed E-state index contributed by atoms with van der Waals surface area (Å²) in [7, 11) is 2.91. The summed E-state index contributed by atoms with van der Waals surface area (Å²) < 4.78 is 10.4. The Bertz CT molecular complexity index is 1160. The number of nitrogens with two attached hydrogens (primary N) is 1. The van der Waals surface area contributed by atoms with Crippen LogP contribution < -0.4 is 15.4 Å². The molecule has 0 amide bonds. The fourth-order valence-corrected chi connectivity index (χ4v) is 4.86. The van der Waals surface area contributed by atoms with E-state index < -0.39 is 11.9 Å². The van der Waals surface area contributed by atoms with E-state index in [-0.39, 0.29) is 22.6 Å². The van der Waals surface area contributed by atoms with Gasteiger partial charge in [-0.1, -0.05) is 37.6 Å². The second-order valence-corrected chi connectivity index (χ2v) is 9.55. The van der Waals surface area contributed by atoms with Crippen molar-refractivity contribution in [3.63, 3.8) is 0 Å². The van der Waals surface area contributed by atoms with E-state index in [2.05, 4.69) is 13.8 Å². The third-order valence-corrected chi connectivity index (χ3v) is 6.45. The first-order valence-corrected chi connectivity index (χ1v) is 11.1. The molecule has 0 saturated heterocycles. The lowest BCUT2D eigenvalue weighted by Crippen LogP contribution is -2.43. The van der Waals surface area contributed by atoms with E-state index in [1.54, 1.807) is 19.2 Å². The number of hydrogen-bond donors (Lipinski definition) is 1. The normalized spacial score (nSPS) is 20.0. The molecule has 1 unspecified atom stereocenters. The lowest BCUT2D eigenvalue weighted by molar-refractivity contribution is -0.136. The summed E-state index contributed by atoms with van der Waals surface area (Å²) >= 11 is 6.11. The van der Waals surface area contributed by atoms with E-state index in [4.69, 9.17) is 26.8 Å². The average Bonchev–Trinajstić information content (AvgIpc) is 2.78. The monoisotopic (exact) mass is 466 g/mol. The Labute approximate surface area is 198 Å². The van der Waals surface area contributed by atoms with Crippen LogP contribution in [0.15, 0.2) is 71.2 Å². The van der Waals surface area contributed by atoms with E-state index >= 15 is 0 Å². The van der Waals surface area contributed by atoms with Crippen molar-refractivity contribution in [2.75, 3.05) is 19.1 Å². The predicted octanol–water partition coefficient (Wildman–Crippen LogP) is 4.94. The summed E-state index contributed by atoms with van der Waals surface area (Å²) in [5.74, 6) is -0.275. The number of carbonyl (C=O) groups is 2. The van der Waals surface area contributed by atoms with Gasteiger partial charge in [0.05, 0.1) is 25.7 Å². The standard InChI is InChI=1S/C26H27ClN2O4/c1-26(2)13-19-22(20(30)14-26)21(15-5-7-16(27)8-6-15)23(25(31)33-4)24(28)29(19)17-9-11-18(32-3)12-10-17/h5-12,21H,13-14,28H2,1-4H3. The predicted molar refractivity (Wildman–Crippen MR) is 128 cm³/mol. The van der Waals surface area contributed by atoms with Gasteiger partial charge in [-0.2, -0.15) is 0 Å². The van der Waals surface area contributed by atoms with Gasteiger partial charge in [-0.25, -0.2) is 4.79 Å². The van der Waals surface area contributed by atoms with Crippen LogP contribution >= 0.6 is 11.6 Å². The maximum absolute atomic E-state index is 13.6. The minimum Gasteiger partial charge on any atom is -0.497 e. The van der Waals surface area contributed by atoms with E-state index in [1.807, 2.05) is 41.3 Å². The quantitative estimate of drug-likeness (QED) is 0.643. The number of ketones is 1. The SMILES string of the molecule is COC(=O)C1=C(N)N(c2ccc(OC)cc2)C2=C(C(=O)CC(C)(C)C2)C1c1ccc(Cl)cc1. The van der Waals surface area contributed by atoms with Crippen molar-refractivity contribution in [2.24, 2.45) is 11.1 Å². The van der Waals surface area contributed by atoms with Crippen molar-refractivity contribution >= 4 is 29.0 Å². The molecule has 7 heteroatoms. The number of carbonyl (C=O) groups excluding carboxylic acids is 2. The fraction of sp³-hybridized carbons (Fsp3) is 0.308. The summed E-state index contributed by atoms with van der Waals surface area (Å²) in [6.07, 6.45) is 1.00. The number of esters is 1. The first kappa shape index (κ1) is 22.9. The Morgan fingerprint density at radius 2 is 1.70 bits per heavy atom. The van der Waals surface area contributed by atoms with Crippen LogP contribution in [0.4, 0.5) is 5.69 Å². The third-order valence-electron chi connectivity index (χ3n) is 6.20. The molecule has 1 heterocycles. The molecular formula is C26H27ClN2O4. The Hall–Kier alpha value is -3.25. The van der Waals surface area contributed by atoms with Crippen molar-refractivity contribution in [1.82, 2.24) is 0 Å². The van der Waals surface area contributed by atoms with Gasteiger partial charge in [-0.3, -0.25) is 9.69 Å². The number of Topliss-reactive ketones (excluding diaryl/α,β-unsaturated/α-hetero) is 1. The van der Waals surface area contributed by atoms with Gasteiger partial charge in [-0.15, -0.1) is 0 Å². The number of hydrogen-bond acceptors (Lipinski definition) is 6. The second-order valence-electron chi connectivity index (χ2n) is 9.11. The lowest BCUT2D eigenvalue weighted by atomic mass is 9.68. The number of methoxy groups -OCH3 is 2. The highest BCUT2D eigenvalue weighted by Crippen LogP contribution is 2.50. The number of ether oxygens (including phenoxy) is 2. The molecule has 33 heavy (non-hydrogen) atoms. The summed E-state index contributed by atoms with van der Waals surface area (Å²) in [6, 6.07) is 14.5. The minimum absolute atomic E-state index is 0.00591. The first-order chi connectivity index (χ1) is 15.7. The van der Waals surface area contributed by atoms with Crippen molar-refractivity contribution < 1.29 is 19.1 Å². The average molecular weight is 467 g/mol. The summed E-state index contributed by atoms with van der Waals surface area (Å²) in [6.45, 7) is 4.13. The van der Waals surface area contributed by atoms with E-state index in [0.717, 1.165) is 16.9 Å². The Kier molecular flexibility index (Phi) is 5.97. The van der Waals surface area contributed by atoms with Crippen molar-refractivity contribution in [3.05, 3.63) is 81.8 Å². The van der Waals surface area contributed by atoms with Crippen LogP contribution in [0.5, 0.6) is 5.75 Å². The molecule has 6 nitrogen and oxygen atoms in total. The molecule has 2 aliphatic rings. The molecule has 0 saturated carbocycles. The van der Waals surface area contributed by atoms with Crippen molar-refractivity contribution in [3.8, 4) is 5.75 Å². The highest BCUT2D eigenvalue weighted by molar-refractivity contribution is 6.30. The molecule has 0 bridgehead atoms. The van der Waals surface area contributed by atoms with Crippen LogP contribution in [0.3, 0.4) is 0 Å². The molecular weight excluding hydrogens is 440 g/mol. The molecule has 2 aromatic carbocycles. The molecule has 0 spiro atoms. The molecule has 172 valence electrons. The van der Waals surface area contributed by atoms with Crippen molar-refractivity contribution in [2.45, 2.75) is 32.6 Å². The zero-order valence-electron chi connectivity index (χ0n) is 19.1. The number of nitrogens with zero attached hydrogens (tertiary/aromatic N) is 1. The first-order valence-electron chi connectivity index (χ1n) is 10.7. The van der Waals surface area contributed by atoms with Crippen LogP contribution in [0.1, 0.15) is 38.2 Å². The van der Waals surface area contributed by atoms with Gasteiger partial charge in [0.1, 0.15) is 11.6 Å². The molecule has 1 aliphatic heterocycles. The molecule has 1 aliphatic carbocycles. The van der Waals surface area contributed by atoms with E-state index in [0.29, 0.717) is 29.2 Å². The van der Waals surface area contributed by atoms with Gasteiger partial charge in [0.25, 0.3) is 0 Å². The van der Waals surface area contributed by atoms with Crippen LogP contribution in [0.2, 0.25) is 5.02 Å². The second kappa shape index (κ2) is 8.60. The van der Waals surface area contributed by atoms with Gasteiger partial charge in [-0.05, 0) is 53.8 Å². The van der Waals surface area contributed by atoms with Crippen LogP contribution in [0.25, 0.3) is 0 Å². The zero-order valence-corrected chi connectivity index (χ0v) is 19.9. The summed E-state index contributed by atoms with van der Waals surface area (Å²) in [4.78, 5) is 28.4. The molecule has 0 radical (unpaired) electrons. The van der Waals surface area contributed by atoms with Gasteiger partial charge in [0.2, 0.25) is 0 Å². The van der Waals surface area contributed by atoms with Crippen LogP contribution in [-0.4, -0.2) is 26.0 Å². The maximum atomic E-state index is 13.6. The largest absolute Gasteiger partial charge is 0.497 e.